The van der Waals surface area contributed by atoms with Crippen LogP contribution in [0.2, 0.25) is 5.02 Å². The van der Waals surface area contributed by atoms with Crippen LogP contribution in [0.1, 0.15) is 31.6 Å². The molecule has 0 spiro atoms. The molecule has 0 bridgehead atoms. The lowest BCUT2D eigenvalue weighted by molar-refractivity contribution is -0.122. The Labute approximate surface area is 159 Å². The van der Waals surface area contributed by atoms with Crippen LogP contribution in [-0.4, -0.2) is 22.2 Å². The summed E-state index contributed by atoms with van der Waals surface area (Å²) >= 11 is 7.38. The molecule has 1 N–H and O–H groups in total. The van der Waals surface area contributed by atoms with E-state index in [4.69, 9.17) is 20.8 Å². The number of amides is 1. The number of aromatic nitrogens is 2. The molecule has 1 amide bonds. The van der Waals surface area contributed by atoms with Crippen LogP contribution in [0.15, 0.2) is 40.1 Å². The van der Waals surface area contributed by atoms with E-state index in [1.165, 1.54) is 11.3 Å². The van der Waals surface area contributed by atoms with Gasteiger partial charge in [-0.15, -0.1) is 21.5 Å². The number of nitrogens with one attached hydrogen (secondary N) is 1. The third kappa shape index (κ3) is 3.73. The molecule has 1 aromatic carbocycles. The number of carbonyl (C=O) groups is 1. The van der Waals surface area contributed by atoms with E-state index in [1.807, 2.05) is 11.4 Å². The summed E-state index contributed by atoms with van der Waals surface area (Å²) in [4.78, 5) is 13.2. The van der Waals surface area contributed by atoms with Gasteiger partial charge in [0.25, 0.3) is 11.8 Å². The lowest BCUT2D eigenvalue weighted by Gasteiger charge is -2.14. The van der Waals surface area contributed by atoms with E-state index in [9.17, 15) is 4.79 Å². The Hall–Kier alpha value is -2.38. The van der Waals surface area contributed by atoms with Gasteiger partial charge in [0, 0.05) is 10.9 Å². The number of carbonyl (C=O) groups excluding carboxylic acids is 1. The normalized spacial score (nSPS) is 14.8. The van der Waals surface area contributed by atoms with Crippen LogP contribution in [0.5, 0.6) is 5.75 Å². The quantitative estimate of drug-likeness (QED) is 0.659. The van der Waals surface area contributed by atoms with Gasteiger partial charge in [-0.1, -0.05) is 17.7 Å². The molecule has 1 aliphatic carbocycles. The number of nitrogens with zero attached hydrogens (tertiary/aromatic N) is 2. The average molecular weight is 390 g/mol. The van der Waals surface area contributed by atoms with E-state index in [1.54, 1.807) is 31.2 Å². The van der Waals surface area contributed by atoms with Crippen molar-refractivity contribution < 1.29 is 13.9 Å². The standard InChI is InChI=1S/C18H16ClN3O3S/c1-10(24-13-4-2-3-12(19)9-13)16(23)20-14-7-8-26-15(14)18-22-21-17(25-18)11-5-6-11/h2-4,7-11H,5-6H2,1H3,(H,20,23)/t10-/m0/s1. The van der Waals surface area contributed by atoms with Crippen LogP contribution in [0.25, 0.3) is 10.8 Å². The van der Waals surface area contributed by atoms with Crippen molar-refractivity contribution in [2.45, 2.75) is 31.8 Å². The fourth-order valence-electron chi connectivity index (χ4n) is 2.43. The molecule has 1 atom stereocenters. The topological polar surface area (TPSA) is 77.2 Å². The molecular formula is C18H16ClN3O3S. The Kier molecular flexibility index (Phi) is 4.65. The van der Waals surface area contributed by atoms with Gasteiger partial charge in [0.05, 0.1) is 5.69 Å². The lowest BCUT2D eigenvalue weighted by Crippen LogP contribution is -2.30. The number of hydrogen-bond donors (Lipinski definition) is 1. The summed E-state index contributed by atoms with van der Waals surface area (Å²) in [7, 11) is 0. The Bertz CT molecular complexity index is 935. The molecule has 26 heavy (non-hydrogen) atoms. The molecule has 0 radical (unpaired) electrons. The summed E-state index contributed by atoms with van der Waals surface area (Å²) in [6.07, 6.45) is 1.49. The number of halogens is 1. The zero-order chi connectivity index (χ0) is 18.1. The van der Waals surface area contributed by atoms with Crippen molar-refractivity contribution in [2.75, 3.05) is 5.32 Å². The molecule has 8 heteroatoms. The van der Waals surface area contributed by atoms with E-state index in [0.717, 1.165) is 17.7 Å². The van der Waals surface area contributed by atoms with Crippen LogP contribution in [0.4, 0.5) is 5.69 Å². The number of benzene rings is 1. The fraction of sp³-hybridized carbons (Fsp3) is 0.278. The zero-order valence-corrected chi connectivity index (χ0v) is 15.5. The van der Waals surface area contributed by atoms with Crippen molar-refractivity contribution in [2.24, 2.45) is 0 Å². The summed E-state index contributed by atoms with van der Waals surface area (Å²) in [6.45, 7) is 1.68. The molecule has 0 saturated heterocycles. The van der Waals surface area contributed by atoms with Crippen molar-refractivity contribution in [3.63, 3.8) is 0 Å². The van der Waals surface area contributed by atoms with Gasteiger partial charge in [-0.3, -0.25) is 4.79 Å². The Morgan fingerprint density at radius 2 is 2.23 bits per heavy atom. The van der Waals surface area contributed by atoms with Crippen molar-refractivity contribution in [3.8, 4) is 16.5 Å². The van der Waals surface area contributed by atoms with E-state index >= 15 is 0 Å². The van der Waals surface area contributed by atoms with Crippen LogP contribution < -0.4 is 10.1 Å². The maximum atomic E-state index is 12.5. The third-order valence-corrected chi connectivity index (χ3v) is 5.10. The van der Waals surface area contributed by atoms with E-state index in [0.29, 0.717) is 34.2 Å². The second kappa shape index (κ2) is 7.09. The fourth-order valence-corrected chi connectivity index (χ4v) is 3.38. The number of rotatable bonds is 6. The van der Waals surface area contributed by atoms with Crippen LogP contribution in [-0.2, 0) is 4.79 Å². The largest absolute Gasteiger partial charge is 0.481 e. The molecule has 1 aliphatic rings. The maximum absolute atomic E-state index is 12.5. The maximum Gasteiger partial charge on any atom is 0.265 e. The van der Waals surface area contributed by atoms with Gasteiger partial charge in [-0.25, -0.2) is 0 Å². The molecule has 6 nitrogen and oxygen atoms in total. The Balaban J connectivity index is 1.45. The first-order valence-corrected chi connectivity index (χ1v) is 9.50. The Morgan fingerprint density at radius 1 is 1.38 bits per heavy atom. The summed E-state index contributed by atoms with van der Waals surface area (Å²) < 4.78 is 11.4. The van der Waals surface area contributed by atoms with Crippen molar-refractivity contribution in [3.05, 3.63) is 46.6 Å². The highest BCUT2D eigenvalue weighted by Gasteiger charge is 2.30. The number of anilines is 1. The first-order chi connectivity index (χ1) is 12.6. The molecule has 134 valence electrons. The summed E-state index contributed by atoms with van der Waals surface area (Å²) in [5.41, 5.74) is 0.632. The minimum Gasteiger partial charge on any atom is -0.481 e. The highest BCUT2D eigenvalue weighted by molar-refractivity contribution is 7.14. The lowest BCUT2D eigenvalue weighted by atomic mass is 10.3. The van der Waals surface area contributed by atoms with Gasteiger partial charge in [-0.2, -0.15) is 0 Å². The molecule has 3 aromatic rings. The molecule has 1 saturated carbocycles. The van der Waals surface area contributed by atoms with Crippen molar-refractivity contribution in [1.29, 1.82) is 0 Å². The van der Waals surface area contributed by atoms with Gasteiger partial charge < -0.3 is 14.5 Å². The number of thiophene rings is 1. The van der Waals surface area contributed by atoms with E-state index in [2.05, 4.69) is 15.5 Å². The first kappa shape index (κ1) is 17.1. The van der Waals surface area contributed by atoms with Crippen LogP contribution in [0, 0.1) is 0 Å². The van der Waals surface area contributed by atoms with Crippen LogP contribution in [0.3, 0.4) is 0 Å². The monoisotopic (exact) mass is 389 g/mol. The number of hydrogen-bond acceptors (Lipinski definition) is 6. The van der Waals surface area contributed by atoms with Gasteiger partial charge in [0.15, 0.2) is 6.10 Å². The smallest absolute Gasteiger partial charge is 0.265 e. The van der Waals surface area contributed by atoms with Crippen molar-refractivity contribution >= 4 is 34.5 Å². The summed E-state index contributed by atoms with van der Waals surface area (Å²) in [5, 5.41) is 13.5. The van der Waals surface area contributed by atoms with E-state index < -0.39 is 6.10 Å². The Morgan fingerprint density at radius 3 is 3.00 bits per heavy atom. The molecule has 2 aromatic heterocycles. The molecule has 1 fully saturated rings. The first-order valence-electron chi connectivity index (χ1n) is 8.24. The predicted octanol–water partition coefficient (Wildman–Crippen LogP) is 4.73. The SMILES string of the molecule is C[C@H](Oc1cccc(Cl)c1)C(=O)Nc1ccsc1-c1nnc(C2CC2)o1. The molecule has 0 unspecified atom stereocenters. The van der Waals surface area contributed by atoms with Gasteiger partial charge in [0.1, 0.15) is 10.6 Å². The minimum atomic E-state index is -0.689. The predicted molar refractivity (Wildman–Crippen MR) is 99.8 cm³/mol. The second-order valence-corrected chi connectivity index (χ2v) is 7.44. The molecular weight excluding hydrogens is 374 g/mol. The van der Waals surface area contributed by atoms with Gasteiger partial charge in [-0.05, 0) is 49.4 Å². The molecule has 0 aliphatic heterocycles. The average Bonchev–Trinajstić information content (AvgIpc) is 3.16. The van der Waals surface area contributed by atoms with E-state index in [-0.39, 0.29) is 5.91 Å². The minimum absolute atomic E-state index is 0.272. The van der Waals surface area contributed by atoms with Gasteiger partial charge >= 0.3 is 0 Å². The summed E-state index contributed by atoms with van der Waals surface area (Å²) in [6, 6.07) is 8.75. The highest BCUT2D eigenvalue weighted by Crippen LogP contribution is 2.41. The molecule has 4 rings (SSSR count). The molecule has 2 heterocycles. The second-order valence-electron chi connectivity index (χ2n) is 6.09. The van der Waals surface area contributed by atoms with Crippen LogP contribution >= 0.6 is 22.9 Å². The highest BCUT2D eigenvalue weighted by atomic mass is 35.5. The summed E-state index contributed by atoms with van der Waals surface area (Å²) in [5.74, 6) is 1.76. The zero-order valence-electron chi connectivity index (χ0n) is 13.9. The van der Waals surface area contributed by atoms with Crippen molar-refractivity contribution in [1.82, 2.24) is 10.2 Å². The third-order valence-electron chi connectivity index (χ3n) is 3.96. The number of ether oxygens (including phenoxy) is 1. The van der Waals surface area contributed by atoms with Gasteiger partial charge in [0.2, 0.25) is 5.89 Å².